The number of thiophene rings is 1. The van der Waals surface area contributed by atoms with Crippen molar-refractivity contribution < 1.29 is 27.9 Å². The number of hydrogen-bond donors (Lipinski definition) is 3. The van der Waals surface area contributed by atoms with E-state index in [1.165, 1.54) is 13.2 Å². The normalized spacial score (nSPS) is 13.7. The number of hydrogen-bond acceptors (Lipinski definition) is 5. The topological polar surface area (TPSA) is 91.3 Å². The van der Waals surface area contributed by atoms with Gasteiger partial charge in [-0.25, -0.2) is 0 Å². The number of likely N-dealkylation sites (N-methyl/N-ethyl adjacent to an activating group) is 1. The van der Waals surface area contributed by atoms with E-state index in [0.717, 1.165) is 10.8 Å². The molecule has 2 atom stereocenters. The van der Waals surface area contributed by atoms with Gasteiger partial charge in [0.05, 0.1) is 16.6 Å². The third-order valence-electron chi connectivity index (χ3n) is 4.30. The molecule has 0 aliphatic heterocycles. The van der Waals surface area contributed by atoms with Gasteiger partial charge in [-0.05, 0) is 12.1 Å². The Hall–Kier alpha value is -2.98. The maximum Gasteiger partial charge on any atom is 0.417 e. The van der Waals surface area contributed by atoms with Crippen molar-refractivity contribution in [2.24, 2.45) is 0 Å². The van der Waals surface area contributed by atoms with Gasteiger partial charge in [0.2, 0.25) is 5.91 Å². The van der Waals surface area contributed by atoms with Crippen LogP contribution in [0.2, 0.25) is 0 Å². The van der Waals surface area contributed by atoms with Crippen molar-refractivity contribution in [1.29, 1.82) is 0 Å². The molecule has 0 fully saturated rings. The first-order valence-electron chi connectivity index (χ1n) is 8.41. The Bertz CT molecular complexity index is 1050. The largest absolute Gasteiger partial charge is 0.417 e. The van der Waals surface area contributed by atoms with Crippen LogP contribution in [0.1, 0.15) is 27.6 Å². The van der Waals surface area contributed by atoms with Crippen molar-refractivity contribution in [3.63, 3.8) is 0 Å². The zero-order chi connectivity index (χ0) is 21.2. The van der Waals surface area contributed by atoms with Gasteiger partial charge in [-0.1, -0.05) is 18.2 Å². The maximum absolute atomic E-state index is 13.1. The summed E-state index contributed by atoms with van der Waals surface area (Å²) in [5.41, 5.74) is -0.811. The minimum absolute atomic E-state index is 0.235. The molecule has 0 radical (unpaired) electrons. The van der Waals surface area contributed by atoms with E-state index in [1.54, 1.807) is 30.3 Å². The Kier molecular flexibility index (Phi) is 5.85. The number of aliphatic hydroxyl groups is 1. The predicted octanol–water partition coefficient (Wildman–Crippen LogP) is 2.89. The van der Waals surface area contributed by atoms with Gasteiger partial charge in [-0.15, -0.1) is 0 Å². The third kappa shape index (κ3) is 4.38. The molecule has 0 saturated carbocycles. The summed E-state index contributed by atoms with van der Waals surface area (Å²) < 4.78 is 39.2. The standard InChI is InChI=1S/C19H16F3N3O3S/c1-23-18(28)15(25-17(27)12-8-29-9-13(12)19(20,21)22)16(26)11-6-10-4-2-3-5-14(10)24-7-11/h2-9,15-16,26H,1H3,(H,23,28)(H,25,27). The highest BCUT2D eigenvalue weighted by atomic mass is 32.1. The number of pyridine rings is 1. The molecule has 2 aromatic heterocycles. The van der Waals surface area contributed by atoms with Gasteiger partial charge in [0.15, 0.2) is 0 Å². The van der Waals surface area contributed by atoms with E-state index in [0.29, 0.717) is 22.2 Å². The zero-order valence-corrected chi connectivity index (χ0v) is 15.8. The summed E-state index contributed by atoms with van der Waals surface area (Å²) in [4.78, 5) is 28.9. The molecule has 6 nitrogen and oxygen atoms in total. The number of halogens is 3. The quantitative estimate of drug-likeness (QED) is 0.589. The highest BCUT2D eigenvalue weighted by Gasteiger charge is 2.37. The molecular weight excluding hydrogens is 407 g/mol. The number of aliphatic hydroxyl groups excluding tert-OH is 1. The number of amides is 2. The van der Waals surface area contributed by atoms with Gasteiger partial charge in [-0.3, -0.25) is 14.6 Å². The van der Waals surface area contributed by atoms with Gasteiger partial charge >= 0.3 is 6.18 Å². The molecule has 0 aliphatic carbocycles. The van der Waals surface area contributed by atoms with E-state index in [4.69, 9.17) is 0 Å². The molecule has 29 heavy (non-hydrogen) atoms. The van der Waals surface area contributed by atoms with Crippen LogP contribution < -0.4 is 10.6 Å². The smallest absolute Gasteiger partial charge is 0.386 e. The number of carbonyl (C=O) groups excluding carboxylic acids is 2. The van der Waals surface area contributed by atoms with E-state index in [-0.39, 0.29) is 5.56 Å². The van der Waals surface area contributed by atoms with Gasteiger partial charge in [0.1, 0.15) is 12.1 Å². The molecule has 3 aromatic rings. The van der Waals surface area contributed by atoms with Crippen molar-refractivity contribution in [2.75, 3.05) is 7.05 Å². The number of benzene rings is 1. The molecule has 0 bridgehead atoms. The number of rotatable bonds is 5. The molecule has 2 amide bonds. The highest BCUT2D eigenvalue weighted by molar-refractivity contribution is 7.08. The monoisotopic (exact) mass is 423 g/mol. The third-order valence-corrected chi connectivity index (χ3v) is 5.04. The fourth-order valence-corrected chi connectivity index (χ4v) is 3.63. The van der Waals surface area contributed by atoms with E-state index in [9.17, 15) is 27.9 Å². The fraction of sp³-hybridized carbons (Fsp3) is 0.211. The molecule has 152 valence electrons. The second-order valence-corrected chi connectivity index (χ2v) is 6.91. The first kappa shape index (κ1) is 20.7. The summed E-state index contributed by atoms with van der Waals surface area (Å²) in [6.45, 7) is 0. The van der Waals surface area contributed by atoms with Crippen LogP contribution in [0.15, 0.2) is 47.3 Å². The summed E-state index contributed by atoms with van der Waals surface area (Å²) in [7, 11) is 1.29. The number of fused-ring (bicyclic) bond motifs is 1. The fourth-order valence-electron chi connectivity index (χ4n) is 2.80. The lowest BCUT2D eigenvalue weighted by atomic mass is 10.0. The molecule has 1 aromatic carbocycles. The minimum Gasteiger partial charge on any atom is -0.386 e. The number of alkyl halides is 3. The lowest BCUT2D eigenvalue weighted by molar-refractivity contribution is -0.137. The van der Waals surface area contributed by atoms with Crippen LogP contribution in [0.4, 0.5) is 13.2 Å². The van der Waals surface area contributed by atoms with Crippen LogP contribution in [0.25, 0.3) is 10.9 Å². The Morgan fingerprint density at radius 1 is 1.21 bits per heavy atom. The van der Waals surface area contributed by atoms with Gasteiger partial charge in [-0.2, -0.15) is 24.5 Å². The number of nitrogens with zero attached hydrogens (tertiary/aromatic N) is 1. The summed E-state index contributed by atoms with van der Waals surface area (Å²) in [5, 5.41) is 17.7. The Balaban J connectivity index is 1.90. The van der Waals surface area contributed by atoms with Gasteiger partial charge in [0.25, 0.3) is 5.91 Å². The average molecular weight is 423 g/mol. The highest BCUT2D eigenvalue weighted by Crippen LogP contribution is 2.34. The van der Waals surface area contributed by atoms with Gasteiger partial charge in [0, 0.05) is 35.0 Å². The van der Waals surface area contributed by atoms with Crippen LogP contribution >= 0.6 is 11.3 Å². The van der Waals surface area contributed by atoms with Crippen molar-refractivity contribution in [2.45, 2.75) is 18.3 Å². The SMILES string of the molecule is CNC(=O)C(NC(=O)c1cscc1C(F)(F)F)C(O)c1cnc2ccccc2c1. The Labute approximate surface area is 167 Å². The molecule has 0 spiro atoms. The van der Waals surface area contributed by atoms with E-state index in [1.807, 2.05) is 0 Å². The first-order chi connectivity index (χ1) is 13.7. The Morgan fingerprint density at radius 3 is 2.62 bits per heavy atom. The minimum atomic E-state index is -4.71. The molecule has 2 heterocycles. The summed E-state index contributed by atoms with van der Waals surface area (Å²) in [5.74, 6) is -1.87. The molecule has 2 unspecified atom stereocenters. The lowest BCUT2D eigenvalue weighted by Gasteiger charge is -2.23. The molecule has 3 N–H and O–H groups in total. The van der Waals surface area contributed by atoms with Crippen molar-refractivity contribution in [1.82, 2.24) is 15.6 Å². The van der Waals surface area contributed by atoms with Crippen molar-refractivity contribution in [3.8, 4) is 0 Å². The summed E-state index contributed by atoms with van der Waals surface area (Å²) in [6, 6.07) is 7.16. The van der Waals surface area contributed by atoms with Crippen molar-refractivity contribution >= 4 is 34.1 Å². The van der Waals surface area contributed by atoms with Crippen LogP contribution in [-0.4, -0.2) is 35.0 Å². The second-order valence-electron chi connectivity index (χ2n) is 6.17. The second kappa shape index (κ2) is 8.18. The first-order valence-corrected chi connectivity index (χ1v) is 9.35. The predicted molar refractivity (Wildman–Crippen MR) is 101 cm³/mol. The van der Waals surface area contributed by atoms with E-state index >= 15 is 0 Å². The summed E-state index contributed by atoms with van der Waals surface area (Å²) >= 11 is 0.715. The molecular formula is C19H16F3N3O3S. The van der Waals surface area contributed by atoms with Crippen LogP contribution in [0, 0.1) is 0 Å². The molecule has 10 heteroatoms. The van der Waals surface area contributed by atoms with Gasteiger partial charge < -0.3 is 15.7 Å². The number of para-hydroxylation sites is 1. The summed E-state index contributed by atoms with van der Waals surface area (Å²) in [6.07, 6.45) is -4.89. The zero-order valence-electron chi connectivity index (χ0n) is 15.0. The maximum atomic E-state index is 13.1. The molecule has 0 aliphatic rings. The van der Waals surface area contributed by atoms with Crippen LogP contribution in [0.3, 0.4) is 0 Å². The molecule has 3 rings (SSSR count). The average Bonchev–Trinajstić information content (AvgIpc) is 3.21. The lowest BCUT2D eigenvalue weighted by Crippen LogP contribution is -2.49. The number of carbonyl (C=O) groups is 2. The number of aromatic nitrogens is 1. The van der Waals surface area contributed by atoms with E-state index < -0.39 is 41.3 Å². The van der Waals surface area contributed by atoms with E-state index in [2.05, 4.69) is 15.6 Å². The van der Waals surface area contributed by atoms with Crippen LogP contribution in [-0.2, 0) is 11.0 Å². The Morgan fingerprint density at radius 2 is 1.93 bits per heavy atom. The molecule has 0 saturated heterocycles. The number of nitrogens with one attached hydrogen (secondary N) is 2. The van der Waals surface area contributed by atoms with Crippen LogP contribution in [0.5, 0.6) is 0 Å². The van der Waals surface area contributed by atoms with Crippen molar-refractivity contribution in [3.05, 3.63) is 64.0 Å².